The van der Waals surface area contributed by atoms with E-state index in [2.05, 4.69) is 85.4 Å². The van der Waals surface area contributed by atoms with Crippen LogP contribution in [0.2, 0.25) is 0 Å². The summed E-state index contributed by atoms with van der Waals surface area (Å²) in [6.07, 6.45) is 1.20. The number of esters is 1. The van der Waals surface area contributed by atoms with Crippen LogP contribution in [0, 0.1) is 0 Å². The lowest BCUT2D eigenvalue weighted by Gasteiger charge is -2.21. The topological polar surface area (TPSA) is 26.3 Å². The first kappa shape index (κ1) is 20.4. The summed E-state index contributed by atoms with van der Waals surface area (Å²) in [5.41, 5.74) is 6.71. The molecule has 0 fully saturated rings. The maximum atomic E-state index is 11.8. The quantitative estimate of drug-likeness (QED) is 0.193. The zero-order valence-electron chi connectivity index (χ0n) is 17.3. The SMILES string of the molecule is C=CC(=O)OCc1cc(C(c2ccccc2)c2ccccc2)ccc1-c1ccccc1. The van der Waals surface area contributed by atoms with E-state index in [1.54, 1.807) is 0 Å². The van der Waals surface area contributed by atoms with Gasteiger partial charge in [0.05, 0.1) is 0 Å². The number of carbonyl (C=O) groups is 1. The predicted molar refractivity (Wildman–Crippen MR) is 126 cm³/mol. The van der Waals surface area contributed by atoms with Crippen molar-refractivity contribution in [2.24, 2.45) is 0 Å². The number of benzene rings is 4. The molecule has 0 bridgehead atoms. The molecule has 0 aliphatic carbocycles. The predicted octanol–water partition coefficient (Wildman–Crippen LogP) is 6.76. The van der Waals surface area contributed by atoms with Crippen LogP contribution in [0.15, 0.2) is 122 Å². The van der Waals surface area contributed by atoms with Crippen molar-refractivity contribution >= 4 is 5.97 Å². The van der Waals surface area contributed by atoms with Gasteiger partial charge in [-0.1, -0.05) is 116 Å². The molecule has 0 aromatic heterocycles. The van der Waals surface area contributed by atoms with Crippen LogP contribution in [0.5, 0.6) is 0 Å². The third kappa shape index (κ3) is 4.81. The lowest BCUT2D eigenvalue weighted by Crippen LogP contribution is -2.06. The first-order chi connectivity index (χ1) is 15.3. The third-order valence-electron chi connectivity index (χ3n) is 5.35. The van der Waals surface area contributed by atoms with Gasteiger partial charge in [-0.15, -0.1) is 0 Å². The van der Waals surface area contributed by atoms with Crippen LogP contribution in [0.4, 0.5) is 0 Å². The Hall–Kier alpha value is -3.91. The van der Waals surface area contributed by atoms with Gasteiger partial charge >= 0.3 is 5.97 Å². The minimum Gasteiger partial charge on any atom is -0.458 e. The van der Waals surface area contributed by atoms with Crippen molar-refractivity contribution in [1.29, 1.82) is 0 Å². The van der Waals surface area contributed by atoms with E-state index in [1.165, 1.54) is 17.2 Å². The lowest BCUT2D eigenvalue weighted by atomic mass is 9.83. The molecule has 0 N–H and O–H groups in total. The summed E-state index contributed by atoms with van der Waals surface area (Å²) in [5.74, 6) is -0.340. The van der Waals surface area contributed by atoms with Crippen LogP contribution in [-0.4, -0.2) is 5.97 Å². The molecule has 2 heteroatoms. The lowest BCUT2D eigenvalue weighted by molar-refractivity contribution is -0.138. The van der Waals surface area contributed by atoms with Crippen LogP contribution in [0.1, 0.15) is 28.2 Å². The summed E-state index contributed by atoms with van der Waals surface area (Å²) < 4.78 is 5.43. The second-order valence-electron chi connectivity index (χ2n) is 7.35. The van der Waals surface area contributed by atoms with Gasteiger partial charge in [-0.05, 0) is 33.4 Å². The Morgan fingerprint density at radius 1 is 0.742 bits per heavy atom. The summed E-state index contributed by atoms with van der Waals surface area (Å²) in [6, 6.07) is 37.6. The molecule has 0 radical (unpaired) electrons. The second-order valence-corrected chi connectivity index (χ2v) is 7.35. The van der Waals surface area contributed by atoms with Gasteiger partial charge in [0.15, 0.2) is 0 Å². The van der Waals surface area contributed by atoms with Crippen molar-refractivity contribution in [2.75, 3.05) is 0 Å². The Kier molecular flexibility index (Phi) is 6.39. The van der Waals surface area contributed by atoms with E-state index in [9.17, 15) is 4.79 Å². The van der Waals surface area contributed by atoms with Crippen molar-refractivity contribution in [3.8, 4) is 11.1 Å². The summed E-state index contributed by atoms with van der Waals surface area (Å²) in [6.45, 7) is 3.70. The average molecular weight is 405 g/mol. The van der Waals surface area contributed by atoms with Gasteiger partial charge in [0.2, 0.25) is 0 Å². The number of ether oxygens (including phenoxy) is 1. The van der Waals surface area contributed by atoms with Crippen LogP contribution in [0.25, 0.3) is 11.1 Å². The van der Waals surface area contributed by atoms with Gasteiger partial charge in [-0.2, -0.15) is 0 Å². The normalized spacial score (nSPS) is 10.6. The van der Waals surface area contributed by atoms with E-state index in [0.29, 0.717) is 0 Å². The van der Waals surface area contributed by atoms with Gasteiger partial charge in [-0.3, -0.25) is 0 Å². The van der Waals surface area contributed by atoms with Crippen molar-refractivity contribution in [1.82, 2.24) is 0 Å². The van der Waals surface area contributed by atoms with E-state index in [0.717, 1.165) is 22.3 Å². The third-order valence-corrected chi connectivity index (χ3v) is 5.35. The fourth-order valence-electron chi connectivity index (χ4n) is 3.89. The fourth-order valence-corrected chi connectivity index (χ4v) is 3.89. The van der Waals surface area contributed by atoms with E-state index >= 15 is 0 Å². The Morgan fingerprint density at radius 3 is 1.84 bits per heavy atom. The summed E-state index contributed by atoms with van der Waals surface area (Å²) in [5, 5.41) is 0. The molecule has 4 rings (SSSR count). The zero-order valence-corrected chi connectivity index (χ0v) is 17.3. The molecule has 0 heterocycles. The molecule has 0 atom stereocenters. The minimum atomic E-state index is -0.424. The second kappa shape index (κ2) is 9.73. The van der Waals surface area contributed by atoms with Gasteiger partial charge in [0, 0.05) is 12.0 Å². The highest BCUT2D eigenvalue weighted by molar-refractivity contribution is 5.81. The van der Waals surface area contributed by atoms with E-state index in [-0.39, 0.29) is 12.5 Å². The molecule has 0 amide bonds. The summed E-state index contributed by atoms with van der Waals surface area (Å²) >= 11 is 0. The smallest absolute Gasteiger partial charge is 0.330 e. The standard InChI is InChI=1S/C29H24O2/c1-2-28(30)31-21-26-20-25(18-19-27(26)22-12-6-3-7-13-22)29(23-14-8-4-9-15-23)24-16-10-5-11-17-24/h2-20,29H,1,21H2. The fraction of sp³-hybridized carbons (Fsp3) is 0.0690. The minimum absolute atomic E-state index is 0.0843. The molecular formula is C29H24O2. The van der Waals surface area contributed by atoms with E-state index in [4.69, 9.17) is 4.74 Å². The van der Waals surface area contributed by atoms with E-state index in [1.807, 2.05) is 30.3 Å². The van der Waals surface area contributed by atoms with Crippen LogP contribution in [0.3, 0.4) is 0 Å². The van der Waals surface area contributed by atoms with Crippen molar-refractivity contribution < 1.29 is 9.53 Å². The first-order valence-corrected chi connectivity index (χ1v) is 10.3. The highest BCUT2D eigenvalue weighted by Gasteiger charge is 2.18. The highest BCUT2D eigenvalue weighted by atomic mass is 16.5. The molecule has 0 unspecified atom stereocenters. The molecule has 152 valence electrons. The average Bonchev–Trinajstić information content (AvgIpc) is 2.84. The van der Waals surface area contributed by atoms with Crippen LogP contribution < -0.4 is 0 Å². The monoisotopic (exact) mass is 404 g/mol. The number of hydrogen-bond donors (Lipinski definition) is 0. The molecule has 0 aliphatic heterocycles. The summed E-state index contributed by atoms with van der Waals surface area (Å²) in [4.78, 5) is 11.8. The molecule has 4 aromatic rings. The maximum absolute atomic E-state index is 11.8. The molecule has 4 aromatic carbocycles. The number of carbonyl (C=O) groups excluding carboxylic acids is 1. The Bertz CT molecular complexity index is 1110. The van der Waals surface area contributed by atoms with E-state index < -0.39 is 5.97 Å². The number of rotatable bonds is 7. The summed E-state index contributed by atoms with van der Waals surface area (Å²) in [7, 11) is 0. The highest BCUT2D eigenvalue weighted by Crippen LogP contribution is 2.35. The van der Waals surface area contributed by atoms with Crippen LogP contribution >= 0.6 is 0 Å². The Morgan fingerprint density at radius 2 is 1.29 bits per heavy atom. The number of hydrogen-bond acceptors (Lipinski definition) is 2. The van der Waals surface area contributed by atoms with Gasteiger partial charge in [-0.25, -0.2) is 4.79 Å². The van der Waals surface area contributed by atoms with Crippen molar-refractivity contribution in [2.45, 2.75) is 12.5 Å². The molecular weight excluding hydrogens is 380 g/mol. The molecule has 0 saturated heterocycles. The molecule has 0 aliphatic rings. The zero-order chi connectivity index (χ0) is 21.5. The van der Waals surface area contributed by atoms with Gasteiger partial charge < -0.3 is 4.74 Å². The molecule has 2 nitrogen and oxygen atoms in total. The first-order valence-electron chi connectivity index (χ1n) is 10.3. The maximum Gasteiger partial charge on any atom is 0.330 e. The molecule has 0 saturated carbocycles. The van der Waals surface area contributed by atoms with Gasteiger partial charge in [0.1, 0.15) is 6.61 Å². The van der Waals surface area contributed by atoms with Gasteiger partial charge in [0.25, 0.3) is 0 Å². The Labute approximate surface area is 183 Å². The van der Waals surface area contributed by atoms with Crippen molar-refractivity contribution in [3.63, 3.8) is 0 Å². The van der Waals surface area contributed by atoms with Crippen LogP contribution in [-0.2, 0) is 16.1 Å². The Balaban J connectivity index is 1.82. The molecule has 31 heavy (non-hydrogen) atoms. The molecule has 0 spiro atoms. The van der Waals surface area contributed by atoms with Crippen molar-refractivity contribution in [3.05, 3.63) is 144 Å². The largest absolute Gasteiger partial charge is 0.458 e.